The van der Waals surface area contributed by atoms with Gasteiger partial charge in [-0.2, -0.15) is 0 Å². The Bertz CT molecular complexity index is 584. The first-order valence-electron chi connectivity index (χ1n) is 5.04. The average Bonchev–Trinajstić information content (AvgIpc) is 2.32. The summed E-state index contributed by atoms with van der Waals surface area (Å²) in [5.74, 6) is 0.207. The Morgan fingerprint density at radius 3 is 2.61 bits per heavy atom. The highest BCUT2D eigenvalue weighted by Crippen LogP contribution is 2.22. The quantitative estimate of drug-likeness (QED) is 0.850. The summed E-state index contributed by atoms with van der Waals surface area (Å²) in [6.45, 7) is 0. The molecule has 2 rings (SSSR count). The molecule has 3 N–H and O–H groups in total. The summed E-state index contributed by atoms with van der Waals surface area (Å²) in [7, 11) is 0. The van der Waals surface area contributed by atoms with Crippen LogP contribution in [-0.4, -0.2) is 10.9 Å². The van der Waals surface area contributed by atoms with Crippen molar-refractivity contribution in [2.24, 2.45) is 0 Å². The molecule has 0 unspecified atom stereocenters. The molecule has 0 radical (unpaired) electrons. The summed E-state index contributed by atoms with van der Waals surface area (Å²) in [5, 5.41) is 2.74. The van der Waals surface area contributed by atoms with Crippen molar-refractivity contribution in [3.8, 4) is 0 Å². The second kappa shape index (κ2) is 5.49. The van der Waals surface area contributed by atoms with Crippen LogP contribution in [0.25, 0.3) is 0 Å². The maximum absolute atomic E-state index is 12.0. The molecular formula is C12H9Br2N3O. The fourth-order valence-electron chi connectivity index (χ4n) is 1.35. The van der Waals surface area contributed by atoms with E-state index in [2.05, 4.69) is 42.2 Å². The molecule has 1 heterocycles. The van der Waals surface area contributed by atoms with Gasteiger partial charge in [-0.15, -0.1) is 0 Å². The maximum Gasteiger partial charge on any atom is 0.256 e. The minimum Gasteiger partial charge on any atom is -0.384 e. The van der Waals surface area contributed by atoms with Gasteiger partial charge in [0.1, 0.15) is 5.82 Å². The Balaban J connectivity index is 2.19. The molecule has 0 aliphatic rings. The van der Waals surface area contributed by atoms with Gasteiger partial charge in [-0.1, -0.05) is 15.9 Å². The zero-order valence-electron chi connectivity index (χ0n) is 9.15. The van der Waals surface area contributed by atoms with Gasteiger partial charge >= 0.3 is 0 Å². The number of carbonyl (C=O) groups is 1. The van der Waals surface area contributed by atoms with Crippen LogP contribution in [0.3, 0.4) is 0 Å². The number of amides is 1. The van der Waals surface area contributed by atoms with Gasteiger partial charge in [0.25, 0.3) is 5.91 Å². The molecule has 1 aromatic heterocycles. The number of halogens is 2. The van der Waals surface area contributed by atoms with Gasteiger partial charge < -0.3 is 11.1 Å². The lowest BCUT2D eigenvalue weighted by atomic mass is 10.2. The second-order valence-corrected chi connectivity index (χ2v) is 5.32. The number of nitrogens with zero attached hydrogens (tertiary/aromatic N) is 1. The number of nitrogens with one attached hydrogen (secondary N) is 1. The number of nitrogen functional groups attached to an aromatic ring is 1. The van der Waals surface area contributed by atoms with Gasteiger partial charge in [0.15, 0.2) is 0 Å². The number of benzene rings is 1. The lowest BCUT2D eigenvalue weighted by Crippen LogP contribution is -2.12. The number of nitrogens with two attached hydrogens (primary N) is 1. The first kappa shape index (κ1) is 13.0. The molecule has 0 aliphatic carbocycles. The zero-order valence-corrected chi connectivity index (χ0v) is 12.3. The van der Waals surface area contributed by atoms with E-state index < -0.39 is 0 Å². The molecule has 4 nitrogen and oxygen atoms in total. The lowest BCUT2D eigenvalue weighted by Gasteiger charge is -2.07. The Hall–Kier alpha value is -1.40. The summed E-state index contributed by atoms with van der Waals surface area (Å²) < 4.78 is 1.62. The van der Waals surface area contributed by atoms with Crippen LogP contribution in [0.15, 0.2) is 45.5 Å². The third kappa shape index (κ3) is 3.08. The Morgan fingerprint density at radius 2 is 2.00 bits per heavy atom. The maximum atomic E-state index is 12.0. The van der Waals surface area contributed by atoms with Crippen LogP contribution < -0.4 is 11.1 Å². The number of hydrogen-bond acceptors (Lipinski definition) is 3. The smallest absolute Gasteiger partial charge is 0.256 e. The first-order chi connectivity index (χ1) is 8.56. The normalized spacial score (nSPS) is 10.1. The average molecular weight is 371 g/mol. The Labute approximate surface area is 121 Å². The van der Waals surface area contributed by atoms with E-state index in [1.807, 2.05) is 6.07 Å². The van der Waals surface area contributed by atoms with Crippen molar-refractivity contribution in [3.05, 3.63) is 51.0 Å². The monoisotopic (exact) mass is 369 g/mol. The van der Waals surface area contributed by atoms with E-state index in [-0.39, 0.29) is 5.91 Å². The summed E-state index contributed by atoms with van der Waals surface area (Å²) in [6, 6.07) is 8.69. The van der Waals surface area contributed by atoms with Crippen molar-refractivity contribution >= 4 is 49.3 Å². The number of hydrogen-bond donors (Lipinski definition) is 2. The molecule has 2 aromatic rings. The molecule has 0 bridgehead atoms. The van der Waals surface area contributed by atoms with E-state index in [4.69, 9.17) is 5.73 Å². The molecule has 0 atom stereocenters. The van der Waals surface area contributed by atoms with Crippen molar-refractivity contribution in [3.63, 3.8) is 0 Å². The van der Waals surface area contributed by atoms with Crippen molar-refractivity contribution in [1.82, 2.24) is 4.98 Å². The molecule has 0 saturated carbocycles. The Kier molecular flexibility index (Phi) is 3.98. The van der Waals surface area contributed by atoms with Gasteiger partial charge in [0.2, 0.25) is 0 Å². The van der Waals surface area contributed by atoms with Gasteiger partial charge in [-0.25, -0.2) is 4.98 Å². The van der Waals surface area contributed by atoms with E-state index in [9.17, 15) is 4.79 Å². The molecule has 0 saturated heterocycles. The van der Waals surface area contributed by atoms with Gasteiger partial charge in [0.05, 0.1) is 17.4 Å². The van der Waals surface area contributed by atoms with Gasteiger partial charge in [-0.05, 0) is 46.3 Å². The SMILES string of the molecule is Nc1ccc(NC(=O)c2ccc(Br)cc2Br)cn1. The third-order valence-corrected chi connectivity index (χ3v) is 3.37. The highest BCUT2D eigenvalue weighted by Gasteiger charge is 2.10. The van der Waals surface area contributed by atoms with Crippen LogP contribution in [-0.2, 0) is 0 Å². The molecule has 1 aromatic carbocycles. The van der Waals surface area contributed by atoms with Crippen LogP contribution in [0.1, 0.15) is 10.4 Å². The fraction of sp³-hybridized carbons (Fsp3) is 0. The first-order valence-corrected chi connectivity index (χ1v) is 6.63. The van der Waals surface area contributed by atoms with Crippen molar-refractivity contribution < 1.29 is 4.79 Å². The molecule has 0 spiro atoms. The number of anilines is 2. The fourth-order valence-corrected chi connectivity index (χ4v) is 2.58. The molecule has 92 valence electrons. The molecule has 1 amide bonds. The van der Waals surface area contributed by atoms with Crippen LogP contribution >= 0.6 is 31.9 Å². The molecule has 0 aliphatic heterocycles. The molecule has 6 heteroatoms. The minimum absolute atomic E-state index is 0.207. The highest BCUT2D eigenvalue weighted by atomic mass is 79.9. The van der Waals surface area contributed by atoms with Gasteiger partial charge in [0, 0.05) is 8.95 Å². The Morgan fingerprint density at radius 1 is 1.22 bits per heavy atom. The van der Waals surface area contributed by atoms with Crippen LogP contribution in [0.4, 0.5) is 11.5 Å². The minimum atomic E-state index is -0.207. The van der Waals surface area contributed by atoms with Gasteiger partial charge in [-0.3, -0.25) is 4.79 Å². The van der Waals surface area contributed by atoms with Crippen LogP contribution in [0, 0.1) is 0 Å². The summed E-state index contributed by atoms with van der Waals surface area (Å²) in [4.78, 5) is 15.9. The number of pyridine rings is 1. The zero-order chi connectivity index (χ0) is 13.1. The van der Waals surface area contributed by atoms with E-state index in [1.54, 1.807) is 24.3 Å². The standard InChI is InChI=1S/C12H9Br2N3O/c13-7-1-3-9(10(14)5-7)12(18)17-8-2-4-11(15)16-6-8/h1-6H,(H2,15,16)(H,17,18). The molecule has 18 heavy (non-hydrogen) atoms. The van der Waals surface area contributed by atoms with Crippen molar-refractivity contribution in [2.75, 3.05) is 11.1 Å². The third-order valence-electron chi connectivity index (χ3n) is 2.22. The second-order valence-electron chi connectivity index (χ2n) is 3.55. The highest BCUT2D eigenvalue weighted by molar-refractivity contribution is 9.11. The predicted molar refractivity (Wildman–Crippen MR) is 78.4 cm³/mol. The summed E-state index contributed by atoms with van der Waals surface area (Å²) in [6.07, 6.45) is 1.51. The van der Waals surface area contributed by atoms with Crippen LogP contribution in [0.2, 0.25) is 0 Å². The summed E-state index contributed by atoms with van der Waals surface area (Å²) in [5.41, 5.74) is 6.62. The van der Waals surface area contributed by atoms with Crippen molar-refractivity contribution in [2.45, 2.75) is 0 Å². The van der Waals surface area contributed by atoms with E-state index in [1.165, 1.54) is 6.20 Å². The number of rotatable bonds is 2. The van der Waals surface area contributed by atoms with E-state index in [0.29, 0.717) is 17.1 Å². The molecular weight excluding hydrogens is 362 g/mol. The van der Waals surface area contributed by atoms with E-state index in [0.717, 1.165) is 8.95 Å². The lowest BCUT2D eigenvalue weighted by molar-refractivity contribution is 0.102. The molecule has 0 fully saturated rings. The van der Waals surface area contributed by atoms with Crippen molar-refractivity contribution in [1.29, 1.82) is 0 Å². The van der Waals surface area contributed by atoms with Crippen LogP contribution in [0.5, 0.6) is 0 Å². The number of carbonyl (C=O) groups excluding carboxylic acids is 1. The van der Waals surface area contributed by atoms with E-state index >= 15 is 0 Å². The topological polar surface area (TPSA) is 68.0 Å². The summed E-state index contributed by atoms with van der Waals surface area (Å²) >= 11 is 6.68. The largest absolute Gasteiger partial charge is 0.384 e. The number of aromatic nitrogens is 1. The predicted octanol–water partition coefficient (Wildman–Crippen LogP) is 3.44.